The molecule has 1 saturated heterocycles. The van der Waals surface area contributed by atoms with E-state index in [1.54, 1.807) is 0 Å². The lowest BCUT2D eigenvalue weighted by Crippen LogP contribution is -1.95. The van der Waals surface area contributed by atoms with Gasteiger partial charge < -0.3 is 4.74 Å². The molecule has 3 heteroatoms. The van der Waals surface area contributed by atoms with Crippen LogP contribution in [0.2, 0.25) is 0 Å². The first-order valence-electron chi connectivity index (χ1n) is 4.00. The molecule has 0 bridgehead atoms. The monoisotopic (exact) mass is 152 g/mol. The van der Waals surface area contributed by atoms with Crippen LogP contribution in [0.1, 0.15) is 30.3 Å². The Morgan fingerprint density at radius 1 is 1.73 bits per heavy atom. The number of aromatic nitrogens is 2. The van der Waals surface area contributed by atoms with E-state index in [1.165, 1.54) is 0 Å². The lowest BCUT2D eigenvalue weighted by Gasteiger charge is -2.02. The van der Waals surface area contributed by atoms with Gasteiger partial charge in [-0.15, -0.1) is 0 Å². The van der Waals surface area contributed by atoms with Gasteiger partial charge in [-0.1, -0.05) is 0 Å². The second-order valence-electron chi connectivity index (χ2n) is 2.98. The van der Waals surface area contributed by atoms with E-state index in [-0.39, 0.29) is 6.10 Å². The Bertz CT molecular complexity index is 238. The van der Waals surface area contributed by atoms with Gasteiger partial charge in [0, 0.05) is 12.3 Å². The zero-order chi connectivity index (χ0) is 7.68. The molecule has 0 saturated carbocycles. The molecule has 0 spiro atoms. The highest BCUT2D eigenvalue weighted by Crippen LogP contribution is 2.26. The van der Waals surface area contributed by atoms with Gasteiger partial charge in [0.15, 0.2) is 0 Å². The first-order chi connectivity index (χ1) is 5.36. The summed E-state index contributed by atoms with van der Waals surface area (Å²) in [4.78, 5) is 0. The molecule has 0 radical (unpaired) electrons. The third-order valence-corrected chi connectivity index (χ3v) is 1.99. The number of aryl methyl sites for hydroxylation is 1. The fourth-order valence-corrected chi connectivity index (χ4v) is 1.41. The number of ether oxygens (including phenoxy) is 1. The number of hydrogen-bond acceptors (Lipinski definition) is 2. The van der Waals surface area contributed by atoms with Gasteiger partial charge in [0.1, 0.15) is 6.10 Å². The van der Waals surface area contributed by atoms with Crippen molar-refractivity contribution in [1.82, 2.24) is 10.2 Å². The average Bonchev–Trinajstić information content (AvgIpc) is 2.55. The van der Waals surface area contributed by atoms with Gasteiger partial charge in [-0.3, -0.25) is 5.10 Å². The maximum Gasteiger partial charge on any atom is 0.101 e. The molecule has 60 valence electrons. The van der Waals surface area contributed by atoms with Crippen LogP contribution in [-0.4, -0.2) is 16.8 Å². The van der Waals surface area contributed by atoms with E-state index in [2.05, 4.69) is 16.3 Å². The molecule has 1 aromatic rings. The molecule has 1 unspecified atom stereocenters. The topological polar surface area (TPSA) is 37.9 Å². The largest absolute Gasteiger partial charge is 0.372 e. The lowest BCUT2D eigenvalue weighted by atomic mass is 10.2. The molecule has 11 heavy (non-hydrogen) atoms. The first kappa shape index (κ1) is 6.85. The van der Waals surface area contributed by atoms with E-state index in [9.17, 15) is 0 Å². The molecule has 0 amide bonds. The van der Waals surface area contributed by atoms with Crippen molar-refractivity contribution >= 4 is 0 Å². The molecule has 0 aromatic carbocycles. The molecular weight excluding hydrogens is 140 g/mol. The zero-order valence-corrected chi connectivity index (χ0v) is 6.63. The lowest BCUT2D eigenvalue weighted by molar-refractivity contribution is 0.108. The van der Waals surface area contributed by atoms with E-state index in [4.69, 9.17) is 4.74 Å². The fourth-order valence-electron chi connectivity index (χ4n) is 1.41. The molecule has 1 aliphatic heterocycles. The van der Waals surface area contributed by atoms with Crippen molar-refractivity contribution < 1.29 is 4.74 Å². The average molecular weight is 152 g/mol. The van der Waals surface area contributed by atoms with Crippen LogP contribution in [0, 0.1) is 6.92 Å². The van der Waals surface area contributed by atoms with Gasteiger partial charge in [-0.05, 0) is 25.8 Å². The summed E-state index contributed by atoms with van der Waals surface area (Å²) < 4.78 is 5.47. The van der Waals surface area contributed by atoms with Gasteiger partial charge in [0.2, 0.25) is 0 Å². The molecule has 1 fully saturated rings. The Balaban J connectivity index is 2.15. The summed E-state index contributed by atoms with van der Waals surface area (Å²) in [6.07, 6.45) is 2.53. The number of rotatable bonds is 1. The van der Waals surface area contributed by atoms with E-state index < -0.39 is 0 Å². The van der Waals surface area contributed by atoms with Gasteiger partial charge in [-0.2, -0.15) is 5.10 Å². The minimum absolute atomic E-state index is 0.250. The maximum absolute atomic E-state index is 5.47. The third-order valence-electron chi connectivity index (χ3n) is 1.99. The smallest absolute Gasteiger partial charge is 0.101 e. The minimum atomic E-state index is 0.250. The molecule has 0 aliphatic carbocycles. The number of aromatic amines is 1. The zero-order valence-electron chi connectivity index (χ0n) is 6.63. The van der Waals surface area contributed by atoms with E-state index >= 15 is 0 Å². The van der Waals surface area contributed by atoms with Crippen LogP contribution in [-0.2, 0) is 4.74 Å². The predicted molar refractivity (Wildman–Crippen MR) is 41.3 cm³/mol. The minimum Gasteiger partial charge on any atom is -0.372 e. The van der Waals surface area contributed by atoms with Crippen molar-refractivity contribution in [3.05, 3.63) is 17.5 Å². The normalized spacial score (nSPS) is 24.3. The molecule has 1 atom stereocenters. The number of nitrogens with one attached hydrogen (secondary N) is 1. The van der Waals surface area contributed by atoms with Gasteiger partial charge in [0.25, 0.3) is 0 Å². The summed E-state index contributed by atoms with van der Waals surface area (Å²) in [5, 5.41) is 7.06. The predicted octanol–water partition coefficient (Wildman–Crippen LogP) is 1.57. The molecule has 1 aromatic heterocycles. The molecule has 3 nitrogen and oxygen atoms in total. The molecular formula is C8H12N2O. The first-order valence-corrected chi connectivity index (χ1v) is 4.00. The van der Waals surface area contributed by atoms with Crippen molar-refractivity contribution in [2.75, 3.05) is 6.61 Å². The van der Waals surface area contributed by atoms with Crippen LogP contribution >= 0.6 is 0 Å². The highest BCUT2D eigenvalue weighted by Gasteiger charge is 2.19. The quantitative estimate of drug-likeness (QED) is 0.663. The second kappa shape index (κ2) is 2.66. The van der Waals surface area contributed by atoms with E-state index in [0.29, 0.717) is 0 Å². The van der Waals surface area contributed by atoms with E-state index in [0.717, 1.165) is 30.8 Å². The standard InChI is InChI=1S/C8H12N2O/c1-6-5-7(10-9-6)8-3-2-4-11-8/h5,8H,2-4H2,1H3,(H,9,10). The van der Waals surface area contributed by atoms with Gasteiger partial charge in [-0.25, -0.2) is 0 Å². The molecule has 1 N–H and O–H groups in total. The number of hydrogen-bond donors (Lipinski definition) is 1. The van der Waals surface area contributed by atoms with Crippen molar-refractivity contribution in [1.29, 1.82) is 0 Å². The van der Waals surface area contributed by atoms with E-state index in [1.807, 2.05) is 6.92 Å². The highest BCUT2D eigenvalue weighted by molar-refractivity contribution is 5.10. The number of nitrogens with zero attached hydrogens (tertiary/aromatic N) is 1. The van der Waals surface area contributed by atoms with Crippen molar-refractivity contribution in [2.24, 2.45) is 0 Å². The highest BCUT2D eigenvalue weighted by atomic mass is 16.5. The maximum atomic E-state index is 5.47. The summed E-state index contributed by atoms with van der Waals surface area (Å²) in [5.74, 6) is 0. The van der Waals surface area contributed by atoms with Crippen LogP contribution in [0.15, 0.2) is 6.07 Å². The summed E-state index contributed by atoms with van der Waals surface area (Å²) in [6, 6.07) is 2.05. The Labute approximate surface area is 65.8 Å². The second-order valence-corrected chi connectivity index (χ2v) is 2.98. The van der Waals surface area contributed by atoms with Crippen molar-refractivity contribution in [3.8, 4) is 0 Å². The van der Waals surface area contributed by atoms with Crippen LogP contribution in [0.3, 0.4) is 0 Å². The Morgan fingerprint density at radius 2 is 2.64 bits per heavy atom. The fraction of sp³-hybridized carbons (Fsp3) is 0.625. The molecule has 2 heterocycles. The third kappa shape index (κ3) is 1.28. The Kier molecular flexibility index (Phi) is 1.66. The molecule has 1 aliphatic rings. The van der Waals surface area contributed by atoms with Crippen LogP contribution in [0.25, 0.3) is 0 Å². The SMILES string of the molecule is Cc1cc(C2CCCO2)n[nH]1. The Morgan fingerprint density at radius 3 is 3.18 bits per heavy atom. The van der Waals surface area contributed by atoms with Gasteiger partial charge in [0.05, 0.1) is 5.69 Å². The number of H-pyrrole nitrogens is 1. The van der Waals surface area contributed by atoms with Crippen LogP contribution < -0.4 is 0 Å². The molecule has 2 rings (SSSR count). The summed E-state index contributed by atoms with van der Waals surface area (Å²) in [7, 11) is 0. The van der Waals surface area contributed by atoms with Crippen molar-refractivity contribution in [2.45, 2.75) is 25.9 Å². The van der Waals surface area contributed by atoms with Crippen molar-refractivity contribution in [3.63, 3.8) is 0 Å². The van der Waals surface area contributed by atoms with Crippen LogP contribution in [0.4, 0.5) is 0 Å². The summed E-state index contributed by atoms with van der Waals surface area (Å²) in [6.45, 7) is 2.89. The Hall–Kier alpha value is -0.830. The summed E-state index contributed by atoms with van der Waals surface area (Å²) in [5.41, 5.74) is 2.16. The van der Waals surface area contributed by atoms with Gasteiger partial charge >= 0.3 is 0 Å². The van der Waals surface area contributed by atoms with Crippen LogP contribution in [0.5, 0.6) is 0 Å². The summed E-state index contributed by atoms with van der Waals surface area (Å²) >= 11 is 0.